The third-order valence-corrected chi connectivity index (χ3v) is 5.04. The highest BCUT2D eigenvalue weighted by Gasteiger charge is 2.22. The van der Waals surface area contributed by atoms with Crippen LogP contribution >= 0.6 is 0 Å². The van der Waals surface area contributed by atoms with Crippen LogP contribution in [0.15, 0.2) is 36.4 Å². The Bertz CT molecular complexity index is 964. The Hall–Kier alpha value is -3.35. The van der Waals surface area contributed by atoms with E-state index in [2.05, 4.69) is 10.2 Å². The van der Waals surface area contributed by atoms with E-state index in [4.69, 9.17) is 9.47 Å². The molecule has 1 amide bonds. The van der Waals surface area contributed by atoms with Gasteiger partial charge in [0.1, 0.15) is 5.75 Å². The summed E-state index contributed by atoms with van der Waals surface area (Å²) in [4.78, 5) is 39.2. The summed E-state index contributed by atoms with van der Waals surface area (Å²) in [5.74, 6) is -0.531. The number of ketones is 1. The van der Waals surface area contributed by atoms with Crippen LogP contribution in [0.5, 0.6) is 5.75 Å². The van der Waals surface area contributed by atoms with Gasteiger partial charge in [0.15, 0.2) is 5.78 Å². The number of Topliss-reactive ketones (excluding diaryl/α,β-unsaturated/α-hetero) is 1. The number of ether oxygens (including phenoxy) is 2. The average Bonchev–Trinajstić information content (AvgIpc) is 3.28. The minimum atomic E-state index is -0.509. The number of carbonyl (C=O) groups excluding carboxylic acids is 3. The van der Waals surface area contributed by atoms with Gasteiger partial charge in [0.05, 0.1) is 30.5 Å². The molecule has 0 atom stereocenters. The predicted molar refractivity (Wildman–Crippen MR) is 115 cm³/mol. The molecule has 1 heterocycles. The lowest BCUT2D eigenvalue weighted by Gasteiger charge is -2.22. The van der Waals surface area contributed by atoms with Crippen molar-refractivity contribution in [3.63, 3.8) is 0 Å². The first kappa shape index (κ1) is 21.4. The standard InChI is InChI=1S/C23H26N2O5/c1-4-30-21-10-8-16(15(2)26)14-19(21)24-22(27)18-13-17(23(28)29-3)7-9-20(18)25-11-5-6-12-25/h7-10,13-14H,4-6,11-12H2,1-3H3,(H,24,27). The van der Waals surface area contributed by atoms with E-state index in [0.717, 1.165) is 31.6 Å². The number of amides is 1. The lowest BCUT2D eigenvalue weighted by Crippen LogP contribution is -2.23. The Balaban J connectivity index is 2.00. The first-order valence-electron chi connectivity index (χ1n) is 10.0. The van der Waals surface area contributed by atoms with Gasteiger partial charge in [-0.2, -0.15) is 0 Å². The van der Waals surface area contributed by atoms with Crippen molar-refractivity contribution in [1.82, 2.24) is 0 Å². The van der Waals surface area contributed by atoms with Gasteiger partial charge in [-0.25, -0.2) is 4.79 Å². The van der Waals surface area contributed by atoms with E-state index in [1.54, 1.807) is 36.4 Å². The molecule has 0 bridgehead atoms. The van der Waals surface area contributed by atoms with Gasteiger partial charge >= 0.3 is 5.97 Å². The molecular formula is C23H26N2O5. The highest BCUT2D eigenvalue weighted by atomic mass is 16.5. The van der Waals surface area contributed by atoms with Crippen molar-refractivity contribution in [1.29, 1.82) is 0 Å². The lowest BCUT2D eigenvalue weighted by molar-refractivity contribution is 0.0600. The first-order chi connectivity index (χ1) is 14.4. The molecule has 1 fully saturated rings. The molecule has 0 aliphatic carbocycles. The van der Waals surface area contributed by atoms with Crippen LogP contribution in [-0.4, -0.2) is 44.5 Å². The maximum absolute atomic E-state index is 13.3. The van der Waals surface area contributed by atoms with Gasteiger partial charge in [-0.15, -0.1) is 0 Å². The molecule has 3 rings (SSSR count). The van der Waals surface area contributed by atoms with E-state index in [-0.39, 0.29) is 11.7 Å². The zero-order valence-corrected chi connectivity index (χ0v) is 17.5. The number of carbonyl (C=O) groups is 3. The van der Waals surface area contributed by atoms with Gasteiger partial charge in [-0.1, -0.05) is 0 Å². The molecule has 0 unspecified atom stereocenters. The fourth-order valence-electron chi connectivity index (χ4n) is 3.51. The summed E-state index contributed by atoms with van der Waals surface area (Å²) in [7, 11) is 1.30. The summed E-state index contributed by atoms with van der Waals surface area (Å²) in [5, 5.41) is 2.86. The number of hydrogen-bond acceptors (Lipinski definition) is 6. The minimum Gasteiger partial charge on any atom is -0.492 e. The summed E-state index contributed by atoms with van der Waals surface area (Å²) >= 11 is 0. The van der Waals surface area contributed by atoms with Crippen LogP contribution in [0.4, 0.5) is 11.4 Å². The number of benzene rings is 2. The maximum atomic E-state index is 13.3. The van der Waals surface area contributed by atoms with Crippen LogP contribution in [0.3, 0.4) is 0 Å². The first-order valence-corrected chi connectivity index (χ1v) is 10.0. The molecule has 1 aliphatic heterocycles. The molecule has 2 aromatic carbocycles. The second-order valence-corrected chi connectivity index (χ2v) is 7.07. The number of nitrogens with zero attached hydrogens (tertiary/aromatic N) is 1. The van der Waals surface area contributed by atoms with E-state index in [1.165, 1.54) is 14.0 Å². The fourth-order valence-corrected chi connectivity index (χ4v) is 3.51. The molecule has 7 heteroatoms. The van der Waals surface area contributed by atoms with E-state index in [0.29, 0.717) is 34.7 Å². The summed E-state index contributed by atoms with van der Waals surface area (Å²) in [6.45, 7) is 5.42. The molecule has 30 heavy (non-hydrogen) atoms. The Kier molecular flexibility index (Phi) is 6.72. The monoisotopic (exact) mass is 410 g/mol. The van der Waals surface area contributed by atoms with Crippen LogP contribution in [0.25, 0.3) is 0 Å². The average molecular weight is 410 g/mol. The van der Waals surface area contributed by atoms with Crippen molar-refractivity contribution < 1.29 is 23.9 Å². The molecule has 0 saturated carbocycles. The molecule has 1 aliphatic rings. The molecule has 1 saturated heterocycles. The smallest absolute Gasteiger partial charge is 0.337 e. The molecule has 0 aromatic heterocycles. The highest BCUT2D eigenvalue weighted by molar-refractivity contribution is 6.10. The number of rotatable bonds is 7. The van der Waals surface area contributed by atoms with Crippen LogP contribution in [-0.2, 0) is 4.74 Å². The van der Waals surface area contributed by atoms with Crippen molar-refractivity contribution in [2.24, 2.45) is 0 Å². The Morgan fingerprint density at radius 3 is 2.37 bits per heavy atom. The van der Waals surface area contributed by atoms with E-state index < -0.39 is 5.97 Å². The molecule has 0 radical (unpaired) electrons. The van der Waals surface area contributed by atoms with Crippen LogP contribution in [0, 0.1) is 0 Å². The van der Waals surface area contributed by atoms with Crippen LogP contribution < -0.4 is 15.0 Å². The lowest BCUT2D eigenvalue weighted by atomic mass is 10.1. The number of methoxy groups -OCH3 is 1. The molecule has 2 aromatic rings. The second kappa shape index (κ2) is 9.43. The van der Waals surface area contributed by atoms with Crippen LogP contribution in [0.1, 0.15) is 57.8 Å². The van der Waals surface area contributed by atoms with Crippen molar-refractivity contribution in [2.75, 3.05) is 37.0 Å². The third-order valence-electron chi connectivity index (χ3n) is 5.04. The normalized spacial score (nSPS) is 13.1. The molecule has 7 nitrogen and oxygen atoms in total. The number of anilines is 2. The molecule has 0 spiro atoms. The van der Waals surface area contributed by atoms with Crippen molar-refractivity contribution in [2.45, 2.75) is 26.7 Å². The van der Waals surface area contributed by atoms with Gasteiger partial charge in [0.2, 0.25) is 0 Å². The van der Waals surface area contributed by atoms with Crippen LogP contribution in [0.2, 0.25) is 0 Å². The van der Waals surface area contributed by atoms with Crippen molar-refractivity contribution in [3.05, 3.63) is 53.1 Å². The summed E-state index contributed by atoms with van der Waals surface area (Å²) < 4.78 is 10.4. The quantitative estimate of drug-likeness (QED) is 0.550. The van der Waals surface area contributed by atoms with Crippen molar-refractivity contribution in [3.8, 4) is 5.75 Å². The largest absolute Gasteiger partial charge is 0.492 e. The number of hydrogen-bond donors (Lipinski definition) is 1. The second-order valence-electron chi connectivity index (χ2n) is 7.07. The topological polar surface area (TPSA) is 84.9 Å². The summed E-state index contributed by atoms with van der Waals surface area (Å²) in [5.41, 5.74) is 2.31. The zero-order chi connectivity index (χ0) is 21.7. The SMILES string of the molecule is CCOc1ccc(C(C)=O)cc1NC(=O)c1cc(C(=O)OC)ccc1N1CCCC1. The van der Waals surface area contributed by atoms with E-state index >= 15 is 0 Å². The fraction of sp³-hybridized carbons (Fsp3) is 0.348. The molecule has 1 N–H and O–H groups in total. The Morgan fingerprint density at radius 1 is 1.03 bits per heavy atom. The molecule has 158 valence electrons. The van der Waals surface area contributed by atoms with Gasteiger partial charge < -0.3 is 19.7 Å². The minimum absolute atomic E-state index is 0.112. The summed E-state index contributed by atoms with van der Waals surface area (Å²) in [6.07, 6.45) is 2.10. The summed E-state index contributed by atoms with van der Waals surface area (Å²) in [6, 6.07) is 9.92. The van der Waals surface area contributed by atoms with Gasteiger partial charge in [0, 0.05) is 24.3 Å². The third kappa shape index (κ3) is 4.62. The number of nitrogens with one attached hydrogen (secondary N) is 1. The van der Waals surface area contributed by atoms with E-state index in [9.17, 15) is 14.4 Å². The number of esters is 1. The van der Waals surface area contributed by atoms with Gasteiger partial charge in [0.25, 0.3) is 5.91 Å². The molecular weight excluding hydrogens is 384 g/mol. The Morgan fingerprint density at radius 2 is 1.73 bits per heavy atom. The predicted octanol–water partition coefficient (Wildman–Crippen LogP) is 3.93. The zero-order valence-electron chi connectivity index (χ0n) is 17.5. The van der Waals surface area contributed by atoms with Gasteiger partial charge in [-0.05, 0) is 63.1 Å². The maximum Gasteiger partial charge on any atom is 0.337 e. The van der Waals surface area contributed by atoms with Gasteiger partial charge in [-0.3, -0.25) is 9.59 Å². The Labute approximate surface area is 176 Å². The van der Waals surface area contributed by atoms with E-state index in [1.807, 2.05) is 6.92 Å². The van der Waals surface area contributed by atoms with Crippen molar-refractivity contribution >= 4 is 29.0 Å². The highest BCUT2D eigenvalue weighted by Crippen LogP contribution is 2.30.